The summed E-state index contributed by atoms with van der Waals surface area (Å²) in [6.07, 6.45) is 1.43. The molecule has 2 atom stereocenters. The van der Waals surface area contributed by atoms with E-state index in [0.717, 1.165) is 52.2 Å². The molecule has 9 heteroatoms. The number of ketones is 1. The Kier molecular flexibility index (Phi) is 10.3. The van der Waals surface area contributed by atoms with E-state index >= 15 is 0 Å². The highest BCUT2D eigenvalue weighted by atomic mass is 32.2. The Hall–Kier alpha value is -4.42. The van der Waals surface area contributed by atoms with Crippen molar-refractivity contribution in [2.45, 2.75) is 70.6 Å². The zero-order valence-corrected chi connectivity index (χ0v) is 27.6. The second-order valence-corrected chi connectivity index (χ2v) is 14.9. The van der Waals surface area contributed by atoms with Crippen LogP contribution in [0.4, 0.5) is 4.79 Å². The molecule has 0 spiro atoms. The molecule has 1 saturated heterocycles. The first-order chi connectivity index (χ1) is 22.0. The van der Waals surface area contributed by atoms with Gasteiger partial charge in [-0.1, -0.05) is 60.7 Å². The molecule has 0 radical (unpaired) electrons. The maximum absolute atomic E-state index is 13.7. The van der Waals surface area contributed by atoms with E-state index in [-0.39, 0.29) is 35.2 Å². The molecular weight excluding hydrogens is 598 g/mol. The van der Waals surface area contributed by atoms with Crippen LogP contribution in [0.15, 0.2) is 72.8 Å². The van der Waals surface area contributed by atoms with Gasteiger partial charge in [0, 0.05) is 12.3 Å². The predicted molar refractivity (Wildman–Crippen MR) is 182 cm³/mol. The average Bonchev–Trinajstić information content (AvgIpc) is 3.67. The van der Waals surface area contributed by atoms with Crippen LogP contribution in [0.1, 0.15) is 63.1 Å². The Morgan fingerprint density at radius 1 is 0.913 bits per heavy atom. The van der Waals surface area contributed by atoms with Crippen LogP contribution < -0.4 is 15.4 Å². The summed E-state index contributed by atoms with van der Waals surface area (Å²) in [6.45, 7) is 7.56. The van der Waals surface area contributed by atoms with Gasteiger partial charge < -0.3 is 20.1 Å². The monoisotopic (exact) mass is 639 g/mol. The summed E-state index contributed by atoms with van der Waals surface area (Å²) < 4.78 is 11.5. The smallest absolute Gasteiger partial charge is 0.407 e. The van der Waals surface area contributed by atoms with Gasteiger partial charge in [-0.3, -0.25) is 9.59 Å². The summed E-state index contributed by atoms with van der Waals surface area (Å²) in [5, 5.41) is 15.4. The van der Waals surface area contributed by atoms with E-state index in [1.165, 1.54) is 0 Å². The van der Waals surface area contributed by atoms with E-state index in [1.807, 2.05) is 81.4 Å². The van der Waals surface area contributed by atoms with Gasteiger partial charge in [-0.2, -0.15) is 15.7 Å². The number of carbonyl (C=O) groups excluding carboxylic acids is 3. The third-order valence-electron chi connectivity index (χ3n) is 8.14. The lowest BCUT2D eigenvalue weighted by Crippen LogP contribution is -2.52. The van der Waals surface area contributed by atoms with E-state index in [1.54, 1.807) is 6.92 Å². The van der Waals surface area contributed by atoms with E-state index < -0.39 is 34.6 Å². The van der Waals surface area contributed by atoms with Crippen molar-refractivity contribution in [2.24, 2.45) is 0 Å². The van der Waals surface area contributed by atoms with Crippen molar-refractivity contribution in [3.8, 4) is 22.9 Å². The summed E-state index contributed by atoms with van der Waals surface area (Å²) in [5.41, 5.74) is 4.88. The first-order valence-electron chi connectivity index (χ1n) is 15.7. The van der Waals surface area contributed by atoms with E-state index in [2.05, 4.69) is 28.8 Å². The molecule has 0 bridgehead atoms. The zero-order chi connectivity index (χ0) is 32.8. The molecule has 5 rings (SSSR count). The maximum atomic E-state index is 13.7. The molecule has 1 heterocycles. The van der Waals surface area contributed by atoms with Crippen molar-refractivity contribution in [3.05, 3.63) is 89.5 Å². The highest BCUT2D eigenvalue weighted by molar-refractivity contribution is 8.17. The van der Waals surface area contributed by atoms with Crippen LogP contribution in [0.2, 0.25) is 0 Å². The number of nitrogens with one attached hydrogen (secondary N) is 2. The second kappa shape index (κ2) is 14.3. The third kappa shape index (κ3) is 7.86. The minimum absolute atomic E-state index is 0.110. The number of amides is 2. The molecule has 240 valence electrons. The number of Topliss-reactive ketones (excluding diaryl/α,β-unsaturated/α-hetero) is 1. The van der Waals surface area contributed by atoms with Crippen LogP contribution in [0, 0.1) is 11.3 Å². The van der Waals surface area contributed by atoms with Gasteiger partial charge in [0.05, 0.1) is 6.04 Å². The molecule has 1 fully saturated rings. The zero-order valence-electron chi connectivity index (χ0n) is 26.8. The molecule has 2 N–H and O–H groups in total. The minimum atomic E-state index is -0.979. The number of hydrogen-bond donors (Lipinski definition) is 2. The van der Waals surface area contributed by atoms with Crippen molar-refractivity contribution in [1.82, 2.24) is 10.6 Å². The summed E-state index contributed by atoms with van der Waals surface area (Å²) in [6, 6.07) is 23.7. The quantitative estimate of drug-likeness (QED) is 0.257. The number of nitriles is 1. The van der Waals surface area contributed by atoms with Crippen LogP contribution in [0.25, 0.3) is 11.1 Å². The fraction of sp³-hybridized carbons (Fsp3) is 0.378. The highest BCUT2D eigenvalue weighted by Gasteiger charge is 2.31. The Morgan fingerprint density at radius 2 is 1.50 bits per heavy atom. The highest BCUT2D eigenvalue weighted by Crippen LogP contribution is 2.44. The van der Waals surface area contributed by atoms with Crippen molar-refractivity contribution in [1.29, 1.82) is 5.26 Å². The number of ether oxygens (including phenoxy) is 2. The Balaban J connectivity index is 1.25. The molecule has 8 nitrogen and oxygen atoms in total. The molecule has 46 heavy (non-hydrogen) atoms. The minimum Gasteiger partial charge on any atom is -0.488 e. The van der Waals surface area contributed by atoms with Gasteiger partial charge in [-0.15, -0.1) is 0 Å². The molecule has 1 aliphatic heterocycles. The van der Waals surface area contributed by atoms with Gasteiger partial charge in [-0.25, -0.2) is 4.79 Å². The van der Waals surface area contributed by atoms with Crippen LogP contribution in [-0.2, 0) is 20.7 Å². The Bertz CT molecular complexity index is 1630. The number of benzene rings is 3. The van der Waals surface area contributed by atoms with Crippen molar-refractivity contribution in [3.63, 3.8) is 0 Å². The molecule has 2 aliphatic rings. The van der Waals surface area contributed by atoms with Gasteiger partial charge in [0.2, 0.25) is 11.7 Å². The number of carbonyl (C=O) groups is 3. The molecule has 0 aromatic heterocycles. The second-order valence-electron chi connectivity index (χ2n) is 12.7. The van der Waals surface area contributed by atoms with Gasteiger partial charge in [0.25, 0.3) is 0 Å². The topological polar surface area (TPSA) is 118 Å². The molecule has 1 aliphatic carbocycles. The van der Waals surface area contributed by atoms with Crippen LogP contribution >= 0.6 is 10.5 Å². The third-order valence-corrected chi connectivity index (χ3v) is 10.6. The van der Waals surface area contributed by atoms with E-state index in [0.29, 0.717) is 5.75 Å². The van der Waals surface area contributed by atoms with Crippen molar-refractivity contribution in [2.75, 3.05) is 18.1 Å². The number of fused-ring (bicyclic) bond motifs is 3. The van der Waals surface area contributed by atoms with Crippen LogP contribution in [-0.4, -0.2) is 58.4 Å². The van der Waals surface area contributed by atoms with Crippen molar-refractivity contribution >= 4 is 33.1 Å². The first-order valence-corrected chi connectivity index (χ1v) is 17.3. The van der Waals surface area contributed by atoms with Gasteiger partial charge >= 0.3 is 6.09 Å². The fourth-order valence-corrected chi connectivity index (χ4v) is 8.22. The number of nitrogens with zero attached hydrogens (tertiary/aromatic N) is 1. The van der Waals surface area contributed by atoms with Gasteiger partial charge in [0.15, 0.2) is 0 Å². The van der Waals surface area contributed by atoms with Crippen molar-refractivity contribution < 1.29 is 23.9 Å². The molecule has 3 aromatic rings. The standard InChI is InChI=1S/C37H41N3O5S/c1-24(39-36(43)44-23-31-29-13-7-5-11-27(29)28-12-6-8-14-30(28)31)35(42)40-32(34(41)33(22-38)46-19-9-10-20-46)21-25-15-17-26(18-16-25)45-37(2,3)4/h5-8,11-18,24,31-32H,9-10,19-21,23H2,1-4H3,(H,39,43)(H,40,42)/t24-,32+/m1/s1. The number of alkyl carbamates (subject to hydrolysis) is 1. The molecule has 3 aromatic carbocycles. The molecular formula is C37H41N3O5S. The van der Waals surface area contributed by atoms with E-state index in [9.17, 15) is 19.6 Å². The molecule has 2 amide bonds. The largest absolute Gasteiger partial charge is 0.488 e. The Morgan fingerprint density at radius 3 is 2.07 bits per heavy atom. The maximum Gasteiger partial charge on any atom is 0.407 e. The first kappa shape index (κ1) is 33.0. The van der Waals surface area contributed by atoms with E-state index in [4.69, 9.17) is 9.47 Å². The lowest BCUT2D eigenvalue weighted by atomic mass is 9.98. The number of rotatable bonds is 10. The van der Waals surface area contributed by atoms with Gasteiger partial charge in [-0.05, 0) is 92.0 Å². The normalized spacial score (nSPS) is 15.5. The molecule has 0 saturated carbocycles. The summed E-state index contributed by atoms with van der Waals surface area (Å²) in [4.78, 5) is 40.2. The van der Waals surface area contributed by atoms with Crippen LogP contribution in [0.5, 0.6) is 5.75 Å². The number of hydrogen-bond acceptors (Lipinski definition) is 6. The summed E-state index contributed by atoms with van der Waals surface area (Å²) in [5.74, 6) is 1.31. The molecule has 0 unspecified atom stereocenters. The lowest BCUT2D eigenvalue weighted by Gasteiger charge is -2.23. The summed E-state index contributed by atoms with van der Waals surface area (Å²) in [7, 11) is -0.414. The Labute approximate surface area is 273 Å². The fourth-order valence-electron chi connectivity index (χ4n) is 5.95. The predicted octanol–water partition coefficient (Wildman–Crippen LogP) is 6.15. The lowest BCUT2D eigenvalue weighted by molar-refractivity contribution is -0.126. The van der Waals surface area contributed by atoms with Gasteiger partial charge in [0.1, 0.15) is 34.9 Å². The average molecular weight is 640 g/mol. The summed E-state index contributed by atoms with van der Waals surface area (Å²) >= 11 is 0. The SMILES string of the molecule is C[C@@H](NC(=O)OCC1c2ccccc2-c2ccccc21)C(=O)N[C@@H](Cc1ccc(OC(C)(C)C)cc1)C(=O)C(C#N)=S1CCCC1. The van der Waals surface area contributed by atoms with Crippen LogP contribution in [0.3, 0.4) is 0 Å².